The molecule has 0 aromatic rings. The third kappa shape index (κ3) is 8.07. The van der Waals surface area contributed by atoms with E-state index in [1.807, 2.05) is 0 Å². The van der Waals surface area contributed by atoms with Crippen molar-refractivity contribution in [2.45, 2.75) is 25.4 Å². The minimum atomic E-state index is -5.36. The van der Waals surface area contributed by atoms with Gasteiger partial charge in [-0.15, -0.1) is 0 Å². The van der Waals surface area contributed by atoms with E-state index in [1.165, 1.54) is 0 Å². The minimum Gasteiger partial charge on any atom is -0.455 e. The fourth-order valence-electron chi connectivity index (χ4n) is 0.869. The Balaban J connectivity index is 4.76. The first kappa shape index (κ1) is 20.7. The molecule has 0 rings (SSSR count). The van der Waals surface area contributed by atoms with Crippen LogP contribution in [0.1, 0.15) is 6.92 Å². The fraction of sp³-hybridized carbons (Fsp3) is 0.545. The minimum absolute atomic E-state index is 0.237. The zero-order chi connectivity index (χ0) is 18.4. The topological polar surface area (TPSA) is 78.9 Å². The van der Waals surface area contributed by atoms with Crippen LogP contribution in [0.4, 0.5) is 26.3 Å². The van der Waals surface area contributed by atoms with Crippen LogP contribution < -0.4 is 0 Å². The quantitative estimate of drug-likeness (QED) is 0.313. The molecule has 0 heterocycles. The largest absolute Gasteiger partial charge is 0.490 e. The first-order chi connectivity index (χ1) is 10.2. The number of ether oxygens (including phenoxy) is 3. The zero-order valence-electron chi connectivity index (χ0n) is 11.4. The third-order valence-corrected chi connectivity index (χ3v) is 1.89. The van der Waals surface area contributed by atoms with Crippen molar-refractivity contribution in [3.05, 3.63) is 12.2 Å². The molecule has 0 saturated heterocycles. The molecule has 0 N–H and O–H groups in total. The Kier molecular flexibility index (Phi) is 7.06. The maximum absolute atomic E-state index is 11.9. The lowest BCUT2D eigenvalue weighted by Crippen LogP contribution is -2.36. The van der Waals surface area contributed by atoms with Gasteiger partial charge in [0, 0.05) is 5.57 Å². The SMILES string of the molecule is C=C(C)C(=O)OC(COC(=O)C(F)(F)F)COC(=O)C(F)(F)F. The molecule has 23 heavy (non-hydrogen) atoms. The van der Waals surface area contributed by atoms with E-state index in [9.17, 15) is 40.7 Å². The molecule has 0 aliphatic heterocycles. The van der Waals surface area contributed by atoms with Crippen molar-refractivity contribution >= 4 is 17.9 Å². The molecule has 12 heteroatoms. The van der Waals surface area contributed by atoms with E-state index in [4.69, 9.17) is 0 Å². The summed E-state index contributed by atoms with van der Waals surface area (Å²) in [5, 5.41) is 0. The van der Waals surface area contributed by atoms with Crippen molar-refractivity contribution in [2.24, 2.45) is 0 Å². The van der Waals surface area contributed by atoms with E-state index in [1.54, 1.807) is 0 Å². The predicted molar refractivity (Wildman–Crippen MR) is 58.7 cm³/mol. The van der Waals surface area contributed by atoms with Gasteiger partial charge in [0.15, 0.2) is 6.10 Å². The molecule has 6 nitrogen and oxygen atoms in total. The van der Waals surface area contributed by atoms with Gasteiger partial charge in [-0.1, -0.05) is 6.58 Å². The van der Waals surface area contributed by atoms with Gasteiger partial charge < -0.3 is 14.2 Å². The summed E-state index contributed by atoms with van der Waals surface area (Å²) in [4.78, 5) is 32.2. The lowest BCUT2D eigenvalue weighted by atomic mass is 10.3. The summed E-state index contributed by atoms with van der Waals surface area (Å²) in [7, 11) is 0. The summed E-state index contributed by atoms with van der Waals surface area (Å²) in [6, 6.07) is 0. The number of carbonyl (C=O) groups is 3. The summed E-state index contributed by atoms with van der Waals surface area (Å²) >= 11 is 0. The molecule has 132 valence electrons. The lowest BCUT2D eigenvalue weighted by molar-refractivity contribution is -0.209. The van der Waals surface area contributed by atoms with Crippen LogP contribution in [-0.2, 0) is 28.6 Å². The molecular weight excluding hydrogens is 342 g/mol. The van der Waals surface area contributed by atoms with Crippen LogP contribution in [0.2, 0.25) is 0 Å². The van der Waals surface area contributed by atoms with Crippen LogP contribution in [0, 0.1) is 0 Å². The highest BCUT2D eigenvalue weighted by Gasteiger charge is 2.43. The smallest absolute Gasteiger partial charge is 0.455 e. The fourth-order valence-corrected chi connectivity index (χ4v) is 0.869. The number of esters is 3. The average molecular weight is 352 g/mol. The molecule has 0 amide bonds. The van der Waals surface area contributed by atoms with Gasteiger partial charge in [-0.05, 0) is 6.92 Å². The monoisotopic (exact) mass is 352 g/mol. The van der Waals surface area contributed by atoms with Crippen molar-refractivity contribution in [1.82, 2.24) is 0 Å². The maximum atomic E-state index is 11.9. The summed E-state index contributed by atoms with van der Waals surface area (Å²) in [6.45, 7) is 1.72. The van der Waals surface area contributed by atoms with E-state index in [-0.39, 0.29) is 5.57 Å². The standard InChI is InChI=1S/C11H10F6O6/c1-5(2)7(18)23-6(3-21-8(19)10(12,13)14)4-22-9(20)11(15,16)17/h6H,1,3-4H2,2H3. The van der Waals surface area contributed by atoms with Crippen LogP contribution in [0.3, 0.4) is 0 Å². The molecule has 0 aliphatic carbocycles. The second kappa shape index (κ2) is 7.83. The van der Waals surface area contributed by atoms with Gasteiger partial charge in [0.1, 0.15) is 13.2 Å². The first-order valence-electron chi connectivity index (χ1n) is 5.59. The molecule has 0 fully saturated rings. The molecule has 0 aliphatic rings. The van der Waals surface area contributed by atoms with E-state index in [0.717, 1.165) is 6.92 Å². The molecule has 0 radical (unpaired) electrons. The van der Waals surface area contributed by atoms with Gasteiger partial charge in [-0.2, -0.15) is 26.3 Å². The highest BCUT2D eigenvalue weighted by Crippen LogP contribution is 2.18. The van der Waals surface area contributed by atoms with Crippen molar-refractivity contribution in [2.75, 3.05) is 13.2 Å². The summed E-state index contributed by atoms with van der Waals surface area (Å²) in [5.41, 5.74) is -0.237. The van der Waals surface area contributed by atoms with Crippen LogP contribution in [0.5, 0.6) is 0 Å². The summed E-state index contributed by atoms with van der Waals surface area (Å²) < 4.78 is 83.4. The Labute approximate surface area is 125 Å². The van der Waals surface area contributed by atoms with Crippen molar-refractivity contribution in [3.8, 4) is 0 Å². The van der Waals surface area contributed by atoms with Crippen LogP contribution in [-0.4, -0.2) is 49.6 Å². The Hall–Kier alpha value is -2.27. The second-order valence-corrected chi connectivity index (χ2v) is 4.00. The van der Waals surface area contributed by atoms with Gasteiger partial charge in [0.2, 0.25) is 0 Å². The number of hydrogen-bond donors (Lipinski definition) is 0. The molecule has 0 saturated carbocycles. The Morgan fingerprint density at radius 1 is 0.913 bits per heavy atom. The van der Waals surface area contributed by atoms with Gasteiger partial charge in [0.25, 0.3) is 0 Å². The molecule has 0 bridgehead atoms. The highest BCUT2D eigenvalue weighted by atomic mass is 19.4. The number of carbonyl (C=O) groups excluding carboxylic acids is 3. The Bertz CT molecular complexity index is 450. The van der Waals surface area contributed by atoms with Crippen molar-refractivity contribution in [3.63, 3.8) is 0 Å². The summed E-state index contributed by atoms with van der Waals surface area (Å²) in [5.74, 6) is -6.51. The van der Waals surface area contributed by atoms with Crippen LogP contribution in [0.15, 0.2) is 12.2 Å². The van der Waals surface area contributed by atoms with E-state index in [2.05, 4.69) is 20.8 Å². The molecule has 0 atom stereocenters. The number of alkyl halides is 6. The normalized spacial score (nSPS) is 11.8. The van der Waals surface area contributed by atoms with Gasteiger partial charge in [0.05, 0.1) is 0 Å². The molecule has 0 aromatic heterocycles. The third-order valence-electron chi connectivity index (χ3n) is 1.89. The number of halogens is 6. The maximum Gasteiger partial charge on any atom is 0.490 e. The van der Waals surface area contributed by atoms with E-state index < -0.39 is 49.6 Å². The average Bonchev–Trinajstić information content (AvgIpc) is 2.38. The van der Waals surface area contributed by atoms with Crippen LogP contribution in [0.25, 0.3) is 0 Å². The van der Waals surface area contributed by atoms with Crippen molar-refractivity contribution in [1.29, 1.82) is 0 Å². The molecule has 0 spiro atoms. The van der Waals surface area contributed by atoms with Gasteiger partial charge in [-0.25, -0.2) is 14.4 Å². The zero-order valence-corrected chi connectivity index (χ0v) is 11.4. The van der Waals surface area contributed by atoms with Gasteiger partial charge in [-0.3, -0.25) is 0 Å². The summed E-state index contributed by atoms with van der Waals surface area (Å²) in [6.07, 6.45) is -12.6. The predicted octanol–water partition coefficient (Wildman–Crippen LogP) is 1.69. The lowest BCUT2D eigenvalue weighted by Gasteiger charge is -2.18. The first-order valence-corrected chi connectivity index (χ1v) is 5.59. The van der Waals surface area contributed by atoms with E-state index in [0.29, 0.717) is 0 Å². The highest BCUT2D eigenvalue weighted by molar-refractivity contribution is 5.87. The van der Waals surface area contributed by atoms with E-state index >= 15 is 0 Å². The van der Waals surface area contributed by atoms with Gasteiger partial charge >= 0.3 is 30.3 Å². The molecule has 0 aromatic carbocycles. The molecular formula is C11H10F6O6. The second-order valence-electron chi connectivity index (χ2n) is 4.00. The Morgan fingerprint density at radius 2 is 1.26 bits per heavy atom. The number of rotatable bonds is 6. The van der Waals surface area contributed by atoms with Crippen molar-refractivity contribution < 1.29 is 54.9 Å². The van der Waals surface area contributed by atoms with Crippen LogP contribution >= 0.6 is 0 Å². The number of hydrogen-bond acceptors (Lipinski definition) is 6. The molecule has 0 unspecified atom stereocenters. The Morgan fingerprint density at radius 3 is 1.52 bits per heavy atom.